The van der Waals surface area contributed by atoms with Crippen molar-refractivity contribution in [1.29, 1.82) is 0 Å². The molecule has 3 fully saturated rings. The van der Waals surface area contributed by atoms with E-state index in [0.717, 1.165) is 24.0 Å². The lowest BCUT2D eigenvalue weighted by atomic mass is 9.82. The van der Waals surface area contributed by atoms with Crippen LogP contribution in [-0.2, 0) is 29.1 Å². The Bertz CT molecular complexity index is 476. The lowest BCUT2D eigenvalue weighted by Crippen LogP contribution is -2.25. The van der Waals surface area contributed by atoms with Crippen LogP contribution >= 0.6 is 0 Å². The fourth-order valence-electron chi connectivity index (χ4n) is 2.91. The monoisotopic (exact) mass is 400 g/mol. The smallest absolute Gasteiger partial charge is 0.306 e. The van der Waals surface area contributed by atoms with Gasteiger partial charge < -0.3 is 10.2 Å². The van der Waals surface area contributed by atoms with Crippen LogP contribution in [0.2, 0.25) is 0 Å². The van der Waals surface area contributed by atoms with Crippen LogP contribution in [0.4, 0.5) is 0 Å². The van der Waals surface area contributed by atoms with E-state index in [0.29, 0.717) is 38.9 Å². The number of rotatable bonds is 4. The maximum Gasteiger partial charge on any atom is 0.306 e. The summed E-state index contributed by atoms with van der Waals surface area (Å²) in [6, 6.07) is 0. The second kappa shape index (κ2) is 12.7. The molecule has 0 amide bonds. The minimum atomic E-state index is -0.793. The van der Waals surface area contributed by atoms with Crippen LogP contribution in [0.1, 0.15) is 52.4 Å². The van der Waals surface area contributed by atoms with E-state index in [2.05, 4.69) is 22.9 Å². The number of carbonyl (C=O) groups is 2. The second-order valence-corrected chi connectivity index (χ2v) is 7.31. The summed E-state index contributed by atoms with van der Waals surface area (Å²) >= 11 is 0. The van der Waals surface area contributed by atoms with Crippen molar-refractivity contribution in [2.45, 2.75) is 64.6 Å². The maximum atomic E-state index is 10.5. The molecule has 2 aliphatic heterocycles. The Morgan fingerprint density at radius 2 is 1.04 bits per heavy atom. The molecule has 0 aromatic heterocycles. The maximum absolute atomic E-state index is 10.5. The fourth-order valence-corrected chi connectivity index (χ4v) is 2.91. The van der Waals surface area contributed by atoms with Gasteiger partial charge in [0.2, 0.25) is 0 Å². The third-order valence-corrected chi connectivity index (χ3v) is 4.82. The van der Waals surface area contributed by atoms with Crippen molar-refractivity contribution in [2.75, 3.05) is 13.2 Å². The van der Waals surface area contributed by atoms with Gasteiger partial charge in [-0.3, -0.25) is 9.59 Å². The molecular weight excluding hydrogens is 368 g/mol. The van der Waals surface area contributed by atoms with Crippen LogP contribution < -0.4 is 0 Å². The van der Waals surface area contributed by atoms with Crippen LogP contribution in [-0.4, -0.2) is 47.6 Å². The van der Waals surface area contributed by atoms with Crippen molar-refractivity contribution in [2.24, 2.45) is 11.8 Å². The first kappa shape index (κ1) is 24.3. The van der Waals surface area contributed by atoms with Gasteiger partial charge >= 0.3 is 11.9 Å². The first-order valence-electron chi connectivity index (χ1n) is 9.55. The third-order valence-electron chi connectivity index (χ3n) is 4.82. The number of hydrogen-bond donors (Lipinski definition) is 2. The Kier molecular flexibility index (Phi) is 11.0. The molecule has 2 heterocycles. The lowest BCUT2D eigenvalue weighted by molar-refractivity contribution is -0.266. The molecule has 8 heteroatoms. The van der Waals surface area contributed by atoms with Crippen molar-refractivity contribution in [3.05, 3.63) is 24.3 Å². The molecule has 2 N–H and O–H groups in total. The van der Waals surface area contributed by atoms with Crippen molar-refractivity contribution in [1.82, 2.24) is 0 Å². The summed E-state index contributed by atoms with van der Waals surface area (Å²) in [5, 5.41) is 17.2. The van der Waals surface area contributed by atoms with E-state index in [1.165, 1.54) is 0 Å². The molecule has 2 saturated heterocycles. The quantitative estimate of drug-likeness (QED) is 0.544. The minimum absolute atomic E-state index is 0.148. The summed E-state index contributed by atoms with van der Waals surface area (Å²) in [6.45, 7) is 12.8. The molecule has 3 rings (SSSR count). The van der Waals surface area contributed by atoms with Gasteiger partial charge in [0.1, 0.15) is 12.2 Å². The van der Waals surface area contributed by atoms with Crippen molar-refractivity contribution >= 4 is 11.9 Å². The molecule has 160 valence electrons. The summed E-state index contributed by atoms with van der Waals surface area (Å²) in [6.07, 6.45) is 4.23. The van der Waals surface area contributed by atoms with Crippen molar-refractivity contribution in [3.8, 4) is 0 Å². The van der Waals surface area contributed by atoms with Gasteiger partial charge in [0.25, 0.3) is 0 Å². The lowest BCUT2D eigenvalue weighted by Gasteiger charge is -2.22. The minimum Gasteiger partial charge on any atom is -0.481 e. The molecule has 0 aromatic rings. The van der Waals surface area contributed by atoms with E-state index in [9.17, 15) is 9.59 Å². The van der Waals surface area contributed by atoms with Gasteiger partial charge in [-0.05, 0) is 50.7 Å². The van der Waals surface area contributed by atoms with E-state index in [1.807, 2.05) is 13.8 Å². The zero-order valence-electron chi connectivity index (χ0n) is 16.7. The van der Waals surface area contributed by atoms with Crippen molar-refractivity contribution in [3.63, 3.8) is 0 Å². The SMILES string of the molecule is C=C(C)C1CCOO1.C=C(C)C1CCOO1.O=C(O)C1CCC(C(=O)O)CC1. The second-order valence-electron chi connectivity index (χ2n) is 7.31. The Morgan fingerprint density at radius 1 is 0.714 bits per heavy atom. The number of hydrogen-bond acceptors (Lipinski definition) is 6. The van der Waals surface area contributed by atoms with Gasteiger partial charge in [-0.25, -0.2) is 19.6 Å². The van der Waals surface area contributed by atoms with Gasteiger partial charge in [-0.15, -0.1) is 0 Å². The molecule has 0 bridgehead atoms. The Labute approximate surface area is 166 Å². The van der Waals surface area contributed by atoms with Crippen LogP contribution in [0.5, 0.6) is 0 Å². The molecule has 28 heavy (non-hydrogen) atoms. The van der Waals surface area contributed by atoms with Crippen molar-refractivity contribution < 1.29 is 39.4 Å². The van der Waals surface area contributed by atoms with Crippen LogP contribution in [0.3, 0.4) is 0 Å². The van der Waals surface area contributed by atoms with Crippen LogP contribution in [0.15, 0.2) is 24.3 Å². The standard InChI is InChI=1S/C8H12O4.2C6H10O2/c9-7(10)5-1-2-6(4-3-5)8(11)12;2*1-5(2)6-3-4-7-8-6/h5-6H,1-4H2,(H,9,10)(H,11,12);2*6H,1,3-4H2,2H3. The largest absolute Gasteiger partial charge is 0.481 e. The average Bonchev–Trinajstić information content (AvgIpc) is 3.36. The zero-order chi connectivity index (χ0) is 21.1. The van der Waals surface area contributed by atoms with E-state index < -0.39 is 11.9 Å². The third kappa shape index (κ3) is 8.97. The Hall–Kier alpha value is -1.74. The summed E-state index contributed by atoms with van der Waals surface area (Å²) in [5.41, 5.74) is 2.09. The highest BCUT2D eigenvalue weighted by molar-refractivity contribution is 5.72. The first-order valence-corrected chi connectivity index (χ1v) is 9.55. The number of carboxylic acid groups (broad SMARTS) is 2. The molecule has 8 nitrogen and oxygen atoms in total. The number of aliphatic carboxylic acids is 2. The van der Waals surface area contributed by atoms with Gasteiger partial charge in [-0.2, -0.15) is 0 Å². The van der Waals surface area contributed by atoms with Gasteiger partial charge in [0, 0.05) is 12.8 Å². The molecule has 0 aromatic carbocycles. The predicted molar refractivity (Wildman–Crippen MR) is 101 cm³/mol. The van der Waals surface area contributed by atoms with E-state index in [1.54, 1.807) is 0 Å². The molecular formula is C20H32O8. The summed E-state index contributed by atoms with van der Waals surface area (Å²) in [5.74, 6) is -2.22. The average molecular weight is 400 g/mol. The van der Waals surface area contributed by atoms with Crippen LogP contribution in [0.25, 0.3) is 0 Å². The molecule has 2 atom stereocenters. The van der Waals surface area contributed by atoms with Crippen LogP contribution in [0, 0.1) is 11.8 Å². The highest BCUT2D eigenvalue weighted by Gasteiger charge is 2.29. The Morgan fingerprint density at radius 3 is 1.18 bits per heavy atom. The van der Waals surface area contributed by atoms with E-state index >= 15 is 0 Å². The fraction of sp³-hybridized carbons (Fsp3) is 0.700. The molecule has 0 spiro atoms. The molecule has 2 unspecified atom stereocenters. The zero-order valence-corrected chi connectivity index (χ0v) is 16.7. The Balaban J connectivity index is 0.000000217. The molecule has 0 radical (unpaired) electrons. The summed E-state index contributed by atoms with van der Waals surface area (Å²) in [7, 11) is 0. The van der Waals surface area contributed by atoms with Gasteiger partial charge in [0.15, 0.2) is 0 Å². The molecule has 3 aliphatic rings. The van der Waals surface area contributed by atoms with Gasteiger partial charge in [-0.1, -0.05) is 13.2 Å². The summed E-state index contributed by atoms with van der Waals surface area (Å²) < 4.78 is 0. The summed E-state index contributed by atoms with van der Waals surface area (Å²) in [4.78, 5) is 39.9. The van der Waals surface area contributed by atoms with E-state index in [4.69, 9.17) is 20.0 Å². The van der Waals surface area contributed by atoms with E-state index in [-0.39, 0.29) is 24.0 Å². The first-order chi connectivity index (χ1) is 13.2. The highest BCUT2D eigenvalue weighted by atomic mass is 17.2. The topological polar surface area (TPSA) is 112 Å². The molecule has 1 aliphatic carbocycles. The normalized spacial score (nSPS) is 28.9. The highest BCUT2D eigenvalue weighted by Crippen LogP contribution is 2.28. The van der Waals surface area contributed by atoms with Gasteiger partial charge in [0.05, 0.1) is 25.0 Å². The number of carboxylic acids is 2. The molecule has 1 saturated carbocycles. The predicted octanol–water partition coefficient (Wildman–Crippen LogP) is 3.53.